The van der Waals surface area contributed by atoms with Crippen LogP contribution >= 0.6 is 0 Å². The van der Waals surface area contributed by atoms with Crippen molar-refractivity contribution < 1.29 is 9.16 Å². The van der Waals surface area contributed by atoms with Crippen molar-refractivity contribution in [1.29, 1.82) is 0 Å². The summed E-state index contributed by atoms with van der Waals surface area (Å²) in [6.07, 6.45) is 1.64. The van der Waals surface area contributed by atoms with E-state index in [2.05, 4.69) is 26.2 Å². The quantitative estimate of drug-likeness (QED) is 0.382. The predicted octanol–water partition coefficient (Wildman–Crippen LogP) is 2.90. The highest BCUT2D eigenvalue weighted by atomic mass is 28.4. The van der Waals surface area contributed by atoms with Crippen LogP contribution in [-0.4, -0.2) is 15.4 Å². The first-order valence-electron chi connectivity index (χ1n) is 3.94. The maximum atomic E-state index is 5.65. The van der Waals surface area contributed by atoms with Gasteiger partial charge in [-0.3, -0.25) is 0 Å². The Bertz CT molecular complexity index is 189. The fourth-order valence-electron chi connectivity index (χ4n) is 0.693. The Morgan fingerprint density at radius 1 is 1.33 bits per heavy atom. The van der Waals surface area contributed by atoms with Crippen molar-refractivity contribution in [2.24, 2.45) is 0 Å². The van der Waals surface area contributed by atoms with Gasteiger partial charge in [-0.05, 0) is 26.6 Å². The third kappa shape index (κ3) is 5.01. The first-order valence-corrected chi connectivity index (χ1v) is 7.35. The largest absolute Gasteiger partial charge is 0.544 e. The molecule has 0 aliphatic heterocycles. The molecule has 3 heteroatoms. The molecular weight excluding hydrogens is 168 g/mol. The third-order valence-electron chi connectivity index (χ3n) is 1.16. The predicted molar refractivity (Wildman–Crippen MR) is 54.3 cm³/mol. The lowest BCUT2D eigenvalue weighted by molar-refractivity contribution is 0.329. The highest BCUT2D eigenvalue weighted by molar-refractivity contribution is 6.70. The number of rotatable bonds is 4. The molecule has 0 rings (SSSR count). The highest BCUT2D eigenvalue weighted by Crippen LogP contribution is 2.15. The summed E-state index contributed by atoms with van der Waals surface area (Å²) in [6, 6.07) is 0. The third-order valence-corrected chi connectivity index (χ3v) is 2.02. The van der Waals surface area contributed by atoms with Crippen molar-refractivity contribution >= 4 is 8.32 Å². The molecule has 0 heterocycles. The Balaban J connectivity index is 4.15. The van der Waals surface area contributed by atoms with Crippen LogP contribution in [0, 0.1) is 0 Å². The van der Waals surface area contributed by atoms with Gasteiger partial charge in [0.2, 0.25) is 8.32 Å². The Hall–Kier alpha value is -0.703. The Kier molecular flexibility index (Phi) is 4.10. The van der Waals surface area contributed by atoms with Gasteiger partial charge in [0, 0.05) is 5.57 Å². The van der Waals surface area contributed by atoms with Crippen LogP contribution in [-0.2, 0) is 9.16 Å². The molecule has 0 amide bonds. The van der Waals surface area contributed by atoms with Gasteiger partial charge >= 0.3 is 0 Å². The second-order valence-corrected chi connectivity index (χ2v) is 8.10. The van der Waals surface area contributed by atoms with Crippen LogP contribution in [0.1, 0.15) is 6.92 Å². The summed E-state index contributed by atoms with van der Waals surface area (Å²) >= 11 is 0. The molecule has 12 heavy (non-hydrogen) atoms. The van der Waals surface area contributed by atoms with Crippen LogP contribution in [0.2, 0.25) is 19.6 Å². The molecule has 0 radical (unpaired) electrons. The van der Waals surface area contributed by atoms with Crippen LogP contribution < -0.4 is 0 Å². The zero-order valence-corrected chi connectivity index (χ0v) is 9.60. The summed E-state index contributed by atoms with van der Waals surface area (Å²) in [5, 5.41) is 0. The fraction of sp³-hybridized carbons (Fsp3) is 0.556. The molecule has 0 fully saturated rings. The molecule has 0 aromatic carbocycles. The van der Waals surface area contributed by atoms with E-state index in [9.17, 15) is 0 Å². The van der Waals surface area contributed by atoms with Gasteiger partial charge in [0.15, 0.2) is 0 Å². The maximum Gasteiger partial charge on any atom is 0.242 e. The van der Waals surface area contributed by atoms with Crippen molar-refractivity contribution in [3.05, 3.63) is 24.2 Å². The van der Waals surface area contributed by atoms with Crippen LogP contribution in [0.5, 0.6) is 0 Å². The van der Waals surface area contributed by atoms with Gasteiger partial charge in [0.05, 0.1) is 13.4 Å². The van der Waals surface area contributed by atoms with E-state index in [0.29, 0.717) is 0 Å². The SMILES string of the molecule is C=C(O[Si](C)(C)C)C(C)=COC. The topological polar surface area (TPSA) is 18.5 Å². The van der Waals surface area contributed by atoms with Gasteiger partial charge in [-0.1, -0.05) is 6.58 Å². The number of allylic oxidation sites excluding steroid dienone is 1. The van der Waals surface area contributed by atoms with Crippen molar-refractivity contribution in [3.8, 4) is 0 Å². The minimum atomic E-state index is -1.51. The zero-order valence-electron chi connectivity index (χ0n) is 8.60. The van der Waals surface area contributed by atoms with Gasteiger partial charge in [-0.2, -0.15) is 0 Å². The lowest BCUT2D eigenvalue weighted by Gasteiger charge is -2.21. The average molecular weight is 186 g/mol. The Labute approximate surface area is 76.0 Å². The van der Waals surface area contributed by atoms with E-state index in [1.807, 2.05) is 6.92 Å². The summed E-state index contributed by atoms with van der Waals surface area (Å²) in [5.74, 6) is 0.719. The van der Waals surface area contributed by atoms with E-state index in [-0.39, 0.29) is 0 Å². The standard InChI is InChI=1S/C9H18O2Si/c1-8(7-10-3)9(2)11-12(4,5)6/h7H,2H2,1,3-6H3. The summed E-state index contributed by atoms with van der Waals surface area (Å²) in [6.45, 7) is 12.1. The normalized spacial score (nSPS) is 12.6. The molecule has 0 bridgehead atoms. The lowest BCUT2D eigenvalue weighted by Crippen LogP contribution is -2.24. The molecular formula is C9H18O2Si. The monoisotopic (exact) mass is 186 g/mol. The highest BCUT2D eigenvalue weighted by Gasteiger charge is 2.17. The van der Waals surface area contributed by atoms with E-state index < -0.39 is 8.32 Å². The smallest absolute Gasteiger partial charge is 0.242 e. The minimum Gasteiger partial charge on any atom is -0.544 e. The van der Waals surface area contributed by atoms with E-state index >= 15 is 0 Å². The lowest BCUT2D eigenvalue weighted by atomic mass is 10.3. The molecule has 0 aromatic heterocycles. The zero-order chi connectivity index (χ0) is 9.78. The second-order valence-electron chi connectivity index (χ2n) is 3.67. The molecule has 0 spiro atoms. The van der Waals surface area contributed by atoms with Gasteiger partial charge in [0.1, 0.15) is 5.76 Å². The molecule has 2 nitrogen and oxygen atoms in total. The Morgan fingerprint density at radius 2 is 1.83 bits per heavy atom. The Morgan fingerprint density at radius 3 is 2.17 bits per heavy atom. The maximum absolute atomic E-state index is 5.65. The van der Waals surface area contributed by atoms with Crippen molar-refractivity contribution in [1.82, 2.24) is 0 Å². The van der Waals surface area contributed by atoms with E-state index in [0.717, 1.165) is 11.3 Å². The second kappa shape index (κ2) is 4.35. The first-order chi connectivity index (χ1) is 5.37. The number of hydrogen-bond acceptors (Lipinski definition) is 2. The minimum absolute atomic E-state index is 0.719. The molecule has 0 unspecified atom stereocenters. The van der Waals surface area contributed by atoms with Gasteiger partial charge in [0.25, 0.3) is 0 Å². The average Bonchev–Trinajstić information content (AvgIpc) is 1.84. The fourth-order valence-corrected chi connectivity index (χ4v) is 1.59. The van der Waals surface area contributed by atoms with E-state index in [4.69, 9.17) is 9.16 Å². The van der Waals surface area contributed by atoms with Crippen LogP contribution in [0.25, 0.3) is 0 Å². The molecule has 0 saturated heterocycles. The summed E-state index contributed by atoms with van der Waals surface area (Å²) in [5.41, 5.74) is 0.944. The molecule has 70 valence electrons. The van der Waals surface area contributed by atoms with Gasteiger partial charge < -0.3 is 9.16 Å². The van der Waals surface area contributed by atoms with Crippen molar-refractivity contribution in [2.45, 2.75) is 26.6 Å². The molecule has 0 N–H and O–H groups in total. The summed E-state index contributed by atoms with van der Waals surface area (Å²) in [4.78, 5) is 0. The number of hydrogen-bond donors (Lipinski definition) is 0. The van der Waals surface area contributed by atoms with E-state index in [1.54, 1.807) is 13.4 Å². The van der Waals surface area contributed by atoms with Gasteiger partial charge in [-0.15, -0.1) is 0 Å². The number of methoxy groups -OCH3 is 1. The van der Waals surface area contributed by atoms with E-state index in [1.165, 1.54) is 0 Å². The first kappa shape index (κ1) is 11.3. The molecule has 0 atom stereocenters. The van der Waals surface area contributed by atoms with Gasteiger partial charge in [-0.25, -0.2) is 0 Å². The van der Waals surface area contributed by atoms with Crippen LogP contribution in [0.4, 0.5) is 0 Å². The molecule has 0 saturated carbocycles. The van der Waals surface area contributed by atoms with Crippen LogP contribution in [0.3, 0.4) is 0 Å². The molecule has 0 aliphatic carbocycles. The van der Waals surface area contributed by atoms with Crippen LogP contribution in [0.15, 0.2) is 24.2 Å². The summed E-state index contributed by atoms with van der Waals surface area (Å²) in [7, 11) is 0.108. The van der Waals surface area contributed by atoms with Crippen molar-refractivity contribution in [3.63, 3.8) is 0 Å². The number of ether oxygens (including phenoxy) is 1. The summed E-state index contributed by atoms with van der Waals surface area (Å²) < 4.78 is 10.5. The van der Waals surface area contributed by atoms with Crippen molar-refractivity contribution in [2.75, 3.05) is 7.11 Å². The molecule has 0 aromatic rings. The molecule has 0 aliphatic rings.